The molecule has 8 nitrogen and oxygen atoms in total. The number of carbonyl (C=O) groups excluding carboxylic acids is 2. The molecule has 0 aliphatic rings. The van der Waals surface area contributed by atoms with Crippen LogP contribution in [0.3, 0.4) is 0 Å². The van der Waals surface area contributed by atoms with E-state index in [0.29, 0.717) is 6.42 Å². The van der Waals surface area contributed by atoms with Crippen LogP contribution in [0.5, 0.6) is 0 Å². The van der Waals surface area contributed by atoms with Gasteiger partial charge < -0.3 is 19.3 Å². The molecule has 9 heteroatoms. The molecule has 2 N–H and O–H groups in total. The Morgan fingerprint density at radius 1 is 0.473 bits per heavy atom. The summed E-state index contributed by atoms with van der Waals surface area (Å²) in [5.74, 6) is -0.881. The number of ether oxygens (including phenoxy) is 2. The van der Waals surface area contributed by atoms with E-state index in [4.69, 9.17) is 19.3 Å². The molecule has 324 valence electrons. The van der Waals surface area contributed by atoms with Gasteiger partial charge in [-0.05, 0) is 44.9 Å². The minimum atomic E-state index is -4.76. The molecule has 0 saturated carbocycles. The van der Waals surface area contributed by atoms with Crippen LogP contribution in [0.25, 0.3) is 0 Å². The Hall–Kier alpha value is -1.47. The molecule has 0 heterocycles. The van der Waals surface area contributed by atoms with Crippen molar-refractivity contribution in [3.63, 3.8) is 0 Å². The van der Waals surface area contributed by atoms with E-state index in [1.807, 2.05) is 0 Å². The van der Waals surface area contributed by atoms with Gasteiger partial charge in [-0.1, -0.05) is 205 Å². The average Bonchev–Trinajstić information content (AvgIpc) is 3.16. The summed E-state index contributed by atoms with van der Waals surface area (Å²) in [5.41, 5.74) is 0. The van der Waals surface area contributed by atoms with Gasteiger partial charge >= 0.3 is 19.8 Å². The van der Waals surface area contributed by atoms with E-state index in [1.165, 1.54) is 154 Å². The van der Waals surface area contributed by atoms with Gasteiger partial charge in [0, 0.05) is 12.8 Å². The third-order valence-corrected chi connectivity index (χ3v) is 10.7. The SMILES string of the molecule is CCCCC/C=C/C/C=C/CCCCCCCCCC(=O)O[C@H](COC(=O)CCCCCCCCCCCCCCCCCCCCCC)COP(=O)(O)O. The van der Waals surface area contributed by atoms with E-state index >= 15 is 0 Å². The van der Waals surface area contributed by atoms with Crippen LogP contribution in [-0.2, 0) is 28.2 Å². The zero-order valence-electron chi connectivity index (χ0n) is 35.8. The quantitative estimate of drug-likeness (QED) is 0.0271. The monoisotopic (exact) mass is 799 g/mol. The predicted octanol–water partition coefficient (Wildman–Crippen LogP) is 14.4. The summed E-state index contributed by atoms with van der Waals surface area (Å²) in [4.78, 5) is 43.0. The number of phosphoric acid groups is 1. The van der Waals surface area contributed by atoms with Gasteiger partial charge in [-0.3, -0.25) is 14.1 Å². The smallest absolute Gasteiger partial charge is 0.462 e. The lowest BCUT2D eigenvalue weighted by atomic mass is 10.0. The number of carbonyl (C=O) groups is 2. The molecule has 0 aromatic heterocycles. The Morgan fingerprint density at radius 3 is 1.24 bits per heavy atom. The molecule has 1 atom stereocenters. The first kappa shape index (κ1) is 53.5. The van der Waals surface area contributed by atoms with Crippen LogP contribution in [0, 0.1) is 0 Å². The van der Waals surface area contributed by atoms with Crippen LogP contribution in [0.4, 0.5) is 0 Å². The molecular formula is C46H87O8P. The van der Waals surface area contributed by atoms with Crippen molar-refractivity contribution in [1.29, 1.82) is 0 Å². The third-order valence-electron chi connectivity index (χ3n) is 10.2. The van der Waals surface area contributed by atoms with Crippen LogP contribution in [0.1, 0.15) is 239 Å². The molecule has 0 rings (SSSR count). The van der Waals surface area contributed by atoms with Gasteiger partial charge in [0.05, 0.1) is 6.61 Å². The fraction of sp³-hybridized carbons (Fsp3) is 0.870. The summed E-state index contributed by atoms with van der Waals surface area (Å²) < 4.78 is 26.5. The fourth-order valence-electron chi connectivity index (χ4n) is 6.76. The first-order chi connectivity index (χ1) is 26.8. The Bertz CT molecular complexity index is 946. The standard InChI is InChI=1S/C46H87O8P/c1-3-5-7-9-11-13-15-17-19-21-22-23-25-26-28-30-32-34-36-38-40-45(47)52-42-44(43-53-55(49,50)51)54-46(48)41-39-37-35-33-31-29-27-24-20-18-16-14-12-10-8-6-4-2/h12,14,18,20,44H,3-11,13,15-17,19,21-43H2,1-2H3,(H2,49,50,51)/b14-12+,20-18+/t44-/m1/s1. The Labute approximate surface area is 339 Å². The molecule has 0 bridgehead atoms. The maximum absolute atomic E-state index is 12.4. The van der Waals surface area contributed by atoms with Crippen molar-refractivity contribution in [2.45, 2.75) is 245 Å². The number of allylic oxidation sites excluding steroid dienone is 4. The van der Waals surface area contributed by atoms with Gasteiger partial charge in [-0.15, -0.1) is 0 Å². The second-order valence-electron chi connectivity index (χ2n) is 15.7. The number of esters is 2. The molecule has 0 fully saturated rings. The minimum absolute atomic E-state index is 0.206. The molecule has 0 aliphatic heterocycles. The van der Waals surface area contributed by atoms with Crippen LogP contribution >= 0.6 is 7.82 Å². The zero-order valence-corrected chi connectivity index (χ0v) is 36.7. The number of hydrogen-bond donors (Lipinski definition) is 2. The summed E-state index contributed by atoms with van der Waals surface area (Å²) in [5, 5.41) is 0. The van der Waals surface area contributed by atoms with Crippen LogP contribution in [-0.4, -0.2) is 41.0 Å². The van der Waals surface area contributed by atoms with Crippen molar-refractivity contribution in [1.82, 2.24) is 0 Å². The molecule has 0 spiro atoms. The number of hydrogen-bond acceptors (Lipinski definition) is 6. The van der Waals surface area contributed by atoms with Gasteiger partial charge in [-0.25, -0.2) is 4.57 Å². The van der Waals surface area contributed by atoms with Crippen molar-refractivity contribution >= 4 is 19.8 Å². The summed E-state index contributed by atoms with van der Waals surface area (Å²) in [6.07, 6.45) is 49.0. The minimum Gasteiger partial charge on any atom is -0.462 e. The average molecular weight is 799 g/mol. The summed E-state index contributed by atoms with van der Waals surface area (Å²) in [7, 11) is -4.76. The van der Waals surface area contributed by atoms with Crippen LogP contribution in [0.2, 0.25) is 0 Å². The number of phosphoric ester groups is 1. The highest BCUT2D eigenvalue weighted by atomic mass is 31.2. The highest BCUT2D eigenvalue weighted by molar-refractivity contribution is 7.46. The van der Waals surface area contributed by atoms with Gasteiger partial charge in [0.15, 0.2) is 6.10 Å². The second-order valence-corrected chi connectivity index (χ2v) is 17.0. The molecule has 0 aromatic carbocycles. The molecule has 0 saturated heterocycles. The molecule has 0 amide bonds. The highest BCUT2D eigenvalue weighted by Crippen LogP contribution is 2.36. The van der Waals surface area contributed by atoms with Crippen molar-refractivity contribution in [2.75, 3.05) is 13.2 Å². The molecule has 0 aliphatic carbocycles. The Morgan fingerprint density at radius 2 is 0.818 bits per heavy atom. The largest absolute Gasteiger partial charge is 0.469 e. The summed E-state index contributed by atoms with van der Waals surface area (Å²) in [6.45, 7) is 3.69. The fourth-order valence-corrected chi connectivity index (χ4v) is 7.12. The van der Waals surface area contributed by atoms with Crippen molar-refractivity contribution in [3.8, 4) is 0 Å². The van der Waals surface area contributed by atoms with E-state index in [2.05, 4.69) is 42.7 Å². The highest BCUT2D eigenvalue weighted by Gasteiger charge is 2.23. The van der Waals surface area contributed by atoms with Crippen molar-refractivity contribution in [3.05, 3.63) is 24.3 Å². The molecule has 55 heavy (non-hydrogen) atoms. The predicted molar refractivity (Wildman–Crippen MR) is 230 cm³/mol. The van der Waals surface area contributed by atoms with E-state index in [1.54, 1.807) is 0 Å². The normalized spacial score (nSPS) is 12.6. The number of rotatable bonds is 43. The topological polar surface area (TPSA) is 119 Å². The van der Waals surface area contributed by atoms with Gasteiger partial charge in [0.2, 0.25) is 0 Å². The lowest BCUT2D eigenvalue weighted by Gasteiger charge is -2.18. The van der Waals surface area contributed by atoms with E-state index in [0.717, 1.165) is 51.4 Å². The molecule has 0 unspecified atom stereocenters. The van der Waals surface area contributed by atoms with Crippen molar-refractivity contribution in [2.24, 2.45) is 0 Å². The maximum Gasteiger partial charge on any atom is 0.469 e. The summed E-state index contributed by atoms with van der Waals surface area (Å²) >= 11 is 0. The van der Waals surface area contributed by atoms with Crippen LogP contribution < -0.4 is 0 Å². The maximum atomic E-state index is 12.4. The second kappa shape index (κ2) is 42.1. The van der Waals surface area contributed by atoms with Gasteiger partial charge in [0.25, 0.3) is 0 Å². The first-order valence-electron chi connectivity index (χ1n) is 23.1. The zero-order chi connectivity index (χ0) is 40.3. The van der Waals surface area contributed by atoms with Crippen LogP contribution in [0.15, 0.2) is 24.3 Å². The molecular weight excluding hydrogens is 711 g/mol. The Balaban J connectivity index is 3.84. The van der Waals surface area contributed by atoms with E-state index in [9.17, 15) is 14.2 Å². The van der Waals surface area contributed by atoms with Gasteiger partial charge in [-0.2, -0.15) is 0 Å². The summed E-state index contributed by atoms with van der Waals surface area (Å²) in [6, 6.07) is 0. The number of unbranched alkanes of at least 4 members (excludes halogenated alkanes) is 29. The lowest BCUT2D eigenvalue weighted by molar-refractivity contribution is -0.161. The van der Waals surface area contributed by atoms with Gasteiger partial charge in [0.1, 0.15) is 6.61 Å². The lowest BCUT2D eigenvalue weighted by Crippen LogP contribution is -2.29. The van der Waals surface area contributed by atoms with E-state index in [-0.39, 0.29) is 19.4 Å². The third kappa shape index (κ3) is 45.1. The Kier molecular flexibility index (Phi) is 41.0. The molecule has 0 aromatic rings. The van der Waals surface area contributed by atoms with E-state index < -0.39 is 32.5 Å². The first-order valence-corrected chi connectivity index (χ1v) is 24.7. The molecule has 0 radical (unpaired) electrons. The van der Waals surface area contributed by atoms with Crippen molar-refractivity contribution < 1.29 is 37.9 Å².